The van der Waals surface area contributed by atoms with E-state index in [0.29, 0.717) is 11.8 Å². The third-order valence-electron chi connectivity index (χ3n) is 2.32. The Hall–Kier alpha value is -1.23. The molecule has 0 atom stereocenters. The lowest BCUT2D eigenvalue weighted by Gasteiger charge is -1.86. The van der Waals surface area contributed by atoms with Gasteiger partial charge in [-0.15, -0.1) is 11.3 Å². The van der Waals surface area contributed by atoms with Gasteiger partial charge < -0.3 is 4.52 Å². The van der Waals surface area contributed by atoms with Crippen molar-refractivity contribution in [3.05, 3.63) is 17.0 Å². The highest BCUT2D eigenvalue weighted by Crippen LogP contribution is 2.39. The van der Waals surface area contributed by atoms with Crippen LogP contribution in [0.15, 0.2) is 10.0 Å². The SMILES string of the molecule is Cc1ncsc1-c1nc(C2CC2)no1. The fourth-order valence-corrected chi connectivity index (χ4v) is 2.06. The summed E-state index contributed by atoms with van der Waals surface area (Å²) in [6.45, 7) is 1.95. The zero-order valence-corrected chi connectivity index (χ0v) is 8.54. The number of hydrogen-bond acceptors (Lipinski definition) is 5. The largest absolute Gasteiger partial charge is 0.333 e. The zero-order valence-electron chi connectivity index (χ0n) is 7.73. The Morgan fingerprint density at radius 2 is 2.36 bits per heavy atom. The maximum absolute atomic E-state index is 5.20. The van der Waals surface area contributed by atoms with Gasteiger partial charge in [-0.1, -0.05) is 5.16 Å². The van der Waals surface area contributed by atoms with Crippen molar-refractivity contribution in [2.45, 2.75) is 25.7 Å². The van der Waals surface area contributed by atoms with Crippen molar-refractivity contribution < 1.29 is 4.52 Å². The van der Waals surface area contributed by atoms with Gasteiger partial charge >= 0.3 is 0 Å². The molecule has 1 aliphatic carbocycles. The van der Waals surface area contributed by atoms with Crippen molar-refractivity contribution >= 4 is 11.3 Å². The molecule has 1 aliphatic rings. The predicted molar refractivity (Wildman–Crippen MR) is 52.1 cm³/mol. The van der Waals surface area contributed by atoms with Crippen molar-refractivity contribution in [1.29, 1.82) is 0 Å². The summed E-state index contributed by atoms with van der Waals surface area (Å²) in [6, 6.07) is 0. The standard InChI is InChI=1S/C9H9N3OS/c1-5-7(14-4-10-5)9-11-8(12-13-9)6-2-3-6/h4,6H,2-3H2,1H3. The average Bonchev–Trinajstić information content (AvgIpc) is 2.75. The van der Waals surface area contributed by atoms with Gasteiger partial charge in [-0.3, -0.25) is 0 Å². The lowest BCUT2D eigenvalue weighted by atomic mass is 10.4. The van der Waals surface area contributed by atoms with Crippen molar-refractivity contribution in [3.8, 4) is 10.8 Å². The summed E-state index contributed by atoms with van der Waals surface area (Å²) in [5.41, 5.74) is 2.76. The number of rotatable bonds is 2. The highest BCUT2D eigenvalue weighted by atomic mass is 32.1. The Kier molecular flexibility index (Phi) is 1.67. The van der Waals surface area contributed by atoms with Crippen LogP contribution in [0.25, 0.3) is 10.8 Å². The minimum absolute atomic E-state index is 0.542. The summed E-state index contributed by atoms with van der Waals surface area (Å²) < 4.78 is 5.20. The molecule has 2 heterocycles. The van der Waals surface area contributed by atoms with Gasteiger partial charge in [0.05, 0.1) is 11.2 Å². The molecule has 1 fully saturated rings. The van der Waals surface area contributed by atoms with Crippen LogP contribution in [0.4, 0.5) is 0 Å². The molecule has 14 heavy (non-hydrogen) atoms. The van der Waals surface area contributed by atoms with Gasteiger partial charge in [0.1, 0.15) is 4.88 Å². The number of hydrogen-bond donors (Lipinski definition) is 0. The maximum Gasteiger partial charge on any atom is 0.269 e. The van der Waals surface area contributed by atoms with E-state index in [1.807, 2.05) is 6.92 Å². The Morgan fingerprint density at radius 3 is 3.00 bits per heavy atom. The molecule has 2 aromatic heterocycles. The van der Waals surface area contributed by atoms with E-state index in [1.165, 1.54) is 12.8 Å². The van der Waals surface area contributed by atoms with Crippen molar-refractivity contribution in [1.82, 2.24) is 15.1 Å². The normalized spacial score (nSPS) is 16.1. The minimum Gasteiger partial charge on any atom is -0.333 e. The second kappa shape index (κ2) is 2.88. The van der Waals surface area contributed by atoms with Crippen molar-refractivity contribution in [2.24, 2.45) is 0 Å². The van der Waals surface area contributed by atoms with Gasteiger partial charge in [0.25, 0.3) is 5.89 Å². The molecule has 0 bridgehead atoms. The van der Waals surface area contributed by atoms with Crippen LogP contribution < -0.4 is 0 Å². The third-order valence-corrected chi connectivity index (χ3v) is 3.24. The van der Waals surface area contributed by atoms with Crippen LogP contribution in [0.5, 0.6) is 0 Å². The van der Waals surface area contributed by atoms with E-state index in [0.717, 1.165) is 16.4 Å². The van der Waals surface area contributed by atoms with E-state index < -0.39 is 0 Å². The molecule has 0 aliphatic heterocycles. The molecule has 0 spiro atoms. The number of aryl methyl sites for hydroxylation is 1. The molecule has 0 amide bonds. The summed E-state index contributed by atoms with van der Waals surface area (Å²) >= 11 is 1.54. The number of nitrogens with zero attached hydrogens (tertiary/aromatic N) is 3. The van der Waals surface area contributed by atoms with E-state index in [2.05, 4.69) is 15.1 Å². The van der Waals surface area contributed by atoms with E-state index in [-0.39, 0.29) is 0 Å². The van der Waals surface area contributed by atoms with Crippen LogP contribution in [0.2, 0.25) is 0 Å². The Bertz CT molecular complexity index is 458. The number of thiazole rings is 1. The molecule has 5 heteroatoms. The molecule has 2 aromatic rings. The topological polar surface area (TPSA) is 51.8 Å². The van der Waals surface area contributed by atoms with E-state index in [1.54, 1.807) is 16.8 Å². The van der Waals surface area contributed by atoms with Gasteiger partial charge in [0.15, 0.2) is 5.82 Å². The molecule has 0 N–H and O–H groups in total. The Labute approximate surface area is 85.0 Å². The quantitative estimate of drug-likeness (QED) is 0.758. The first-order valence-electron chi connectivity index (χ1n) is 4.58. The fourth-order valence-electron chi connectivity index (χ4n) is 1.34. The Morgan fingerprint density at radius 1 is 1.50 bits per heavy atom. The molecular formula is C9H9N3OS. The summed E-state index contributed by atoms with van der Waals surface area (Å²) in [5.74, 6) is 2.01. The van der Waals surface area contributed by atoms with Gasteiger partial charge in [0.2, 0.25) is 0 Å². The van der Waals surface area contributed by atoms with Crippen molar-refractivity contribution in [3.63, 3.8) is 0 Å². The molecule has 3 rings (SSSR count). The van der Waals surface area contributed by atoms with Gasteiger partial charge in [-0.25, -0.2) is 4.98 Å². The van der Waals surface area contributed by atoms with Gasteiger partial charge in [-0.2, -0.15) is 4.98 Å². The summed E-state index contributed by atoms with van der Waals surface area (Å²) in [6.07, 6.45) is 2.39. The van der Waals surface area contributed by atoms with Crippen LogP contribution in [-0.2, 0) is 0 Å². The van der Waals surface area contributed by atoms with Crippen LogP contribution in [0.1, 0.15) is 30.3 Å². The lowest BCUT2D eigenvalue weighted by molar-refractivity contribution is 0.423. The maximum atomic E-state index is 5.20. The first kappa shape index (κ1) is 8.11. The summed E-state index contributed by atoms with van der Waals surface area (Å²) in [5, 5.41) is 3.97. The highest BCUT2D eigenvalue weighted by molar-refractivity contribution is 7.13. The molecule has 0 unspecified atom stereocenters. The number of aromatic nitrogens is 3. The molecular weight excluding hydrogens is 198 g/mol. The van der Waals surface area contributed by atoms with Crippen molar-refractivity contribution in [2.75, 3.05) is 0 Å². The molecule has 1 saturated carbocycles. The van der Waals surface area contributed by atoms with Gasteiger partial charge in [-0.05, 0) is 19.8 Å². The summed E-state index contributed by atoms with van der Waals surface area (Å²) in [7, 11) is 0. The monoisotopic (exact) mass is 207 g/mol. The van der Waals surface area contributed by atoms with Gasteiger partial charge in [0, 0.05) is 5.92 Å². The molecule has 0 radical (unpaired) electrons. The predicted octanol–water partition coefficient (Wildman–Crippen LogP) is 2.38. The summed E-state index contributed by atoms with van der Waals surface area (Å²) in [4.78, 5) is 9.51. The molecule has 0 saturated heterocycles. The lowest BCUT2D eigenvalue weighted by Crippen LogP contribution is -1.82. The third kappa shape index (κ3) is 1.24. The zero-order chi connectivity index (χ0) is 9.54. The highest BCUT2D eigenvalue weighted by Gasteiger charge is 2.29. The van der Waals surface area contributed by atoms with Crippen LogP contribution >= 0.6 is 11.3 Å². The molecule has 4 nitrogen and oxygen atoms in total. The first-order chi connectivity index (χ1) is 6.84. The second-order valence-electron chi connectivity index (χ2n) is 3.50. The van der Waals surface area contributed by atoms with E-state index >= 15 is 0 Å². The molecule has 72 valence electrons. The van der Waals surface area contributed by atoms with Crippen LogP contribution in [0.3, 0.4) is 0 Å². The second-order valence-corrected chi connectivity index (χ2v) is 4.35. The average molecular weight is 207 g/mol. The Balaban J connectivity index is 1.99. The van der Waals surface area contributed by atoms with Crippen LogP contribution in [-0.4, -0.2) is 15.1 Å². The fraction of sp³-hybridized carbons (Fsp3) is 0.444. The van der Waals surface area contributed by atoms with Crippen LogP contribution in [0, 0.1) is 6.92 Å². The molecule has 0 aromatic carbocycles. The van der Waals surface area contributed by atoms with E-state index in [4.69, 9.17) is 4.52 Å². The van der Waals surface area contributed by atoms with E-state index in [9.17, 15) is 0 Å². The smallest absolute Gasteiger partial charge is 0.269 e. The minimum atomic E-state index is 0.542. The first-order valence-corrected chi connectivity index (χ1v) is 5.46.